The zero-order valence-electron chi connectivity index (χ0n) is 18.8. The maximum atomic E-state index is 13.0. The van der Waals surface area contributed by atoms with Crippen LogP contribution < -0.4 is 15.5 Å². The lowest BCUT2D eigenvalue weighted by Gasteiger charge is -2.16. The molecule has 0 fully saturated rings. The van der Waals surface area contributed by atoms with Crippen LogP contribution in [0.3, 0.4) is 0 Å². The Hall–Kier alpha value is -3.32. The van der Waals surface area contributed by atoms with Crippen LogP contribution in [-0.2, 0) is 20.8 Å². The van der Waals surface area contributed by atoms with E-state index in [0.717, 1.165) is 21.6 Å². The first-order valence-electron chi connectivity index (χ1n) is 10.6. The lowest BCUT2D eigenvalue weighted by molar-refractivity contribution is -0.120. The third-order valence-electron chi connectivity index (χ3n) is 5.50. The summed E-state index contributed by atoms with van der Waals surface area (Å²) in [7, 11) is 0. The molecule has 0 bridgehead atoms. The summed E-state index contributed by atoms with van der Waals surface area (Å²) < 4.78 is 0. The van der Waals surface area contributed by atoms with Crippen molar-refractivity contribution >= 4 is 69.6 Å². The van der Waals surface area contributed by atoms with Gasteiger partial charge in [0.15, 0.2) is 0 Å². The molecule has 9 heteroatoms. The number of amides is 3. The smallest absolute Gasteiger partial charge is 0.283 e. The van der Waals surface area contributed by atoms with Gasteiger partial charge in [-0.05, 0) is 66.9 Å². The number of nitrogens with zero attached hydrogens (tertiary/aromatic N) is 1. The molecule has 4 rings (SSSR count). The summed E-state index contributed by atoms with van der Waals surface area (Å²) in [6.07, 6.45) is 0.148. The minimum absolute atomic E-state index is 0.0321. The van der Waals surface area contributed by atoms with Gasteiger partial charge >= 0.3 is 0 Å². The fraction of sp³-hybridized carbons (Fsp3) is 0.115. The van der Waals surface area contributed by atoms with Crippen LogP contribution in [0.15, 0.2) is 71.4 Å². The van der Waals surface area contributed by atoms with E-state index in [2.05, 4.69) is 10.6 Å². The number of carbonyl (C=O) groups excluding carboxylic acids is 3. The molecular weight excluding hydrogens is 509 g/mol. The number of halogens is 3. The summed E-state index contributed by atoms with van der Waals surface area (Å²) in [5.41, 5.74) is 3.99. The Balaban J connectivity index is 1.44. The second-order valence-electron chi connectivity index (χ2n) is 8.07. The molecule has 3 amide bonds. The highest BCUT2D eigenvalue weighted by molar-refractivity contribution is 6.53. The number of rotatable bonds is 6. The van der Waals surface area contributed by atoms with Crippen LogP contribution in [0.4, 0.5) is 17.1 Å². The Labute approximate surface area is 217 Å². The molecule has 0 radical (unpaired) electrons. The average Bonchev–Trinajstić information content (AvgIpc) is 3.02. The second kappa shape index (κ2) is 10.1. The quantitative estimate of drug-likeness (QED) is 0.372. The van der Waals surface area contributed by atoms with Crippen molar-refractivity contribution < 1.29 is 14.4 Å². The van der Waals surface area contributed by atoms with Gasteiger partial charge in [-0.25, -0.2) is 4.90 Å². The number of carbonyl (C=O) groups is 3. The van der Waals surface area contributed by atoms with Crippen LogP contribution in [0, 0.1) is 13.8 Å². The van der Waals surface area contributed by atoms with Gasteiger partial charge in [0.2, 0.25) is 5.91 Å². The molecule has 0 spiro atoms. The second-order valence-corrected chi connectivity index (χ2v) is 9.30. The Kier molecular flexibility index (Phi) is 7.17. The van der Waals surface area contributed by atoms with Crippen molar-refractivity contribution in [2.75, 3.05) is 15.5 Å². The molecule has 0 atom stereocenters. The van der Waals surface area contributed by atoms with Crippen LogP contribution in [0.1, 0.15) is 16.7 Å². The van der Waals surface area contributed by atoms with Gasteiger partial charge in [0.1, 0.15) is 10.7 Å². The first kappa shape index (κ1) is 24.8. The standard InChI is InChI=1S/C26H20Cl3N3O3/c1-14-4-10-19(13-20(14)28)32-25(34)23(29)24(26(32)35)30-18-8-5-16(6-9-18)11-22(33)31-21-12-17(27)7-3-15(21)2/h3-10,12-13,30H,11H2,1-2H3,(H,31,33). The van der Waals surface area contributed by atoms with Crippen molar-refractivity contribution in [2.45, 2.75) is 20.3 Å². The van der Waals surface area contributed by atoms with Crippen LogP contribution in [0.5, 0.6) is 0 Å². The Morgan fingerprint density at radius 1 is 0.857 bits per heavy atom. The minimum Gasteiger partial charge on any atom is -0.350 e. The highest BCUT2D eigenvalue weighted by atomic mass is 35.5. The highest BCUT2D eigenvalue weighted by Gasteiger charge is 2.39. The molecular formula is C26H20Cl3N3O3. The molecule has 6 nitrogen and oxygen atoms in total. The molecule has 2 N–H and O–H groups in total. The molecule has 1 heterocycles. The molecule has 1 aliphatic rings. The van der Waals surface area contributed by atoms with Gasteiger partial charge in [0.05, 0.1) is 12.1 Å². The van der Waals surface area contributed by atoms with E-state index in [1.54, 1.807) is 54.6 Å². The summed E-state index contributed by atoms with van der Waals surface area (Å²) in [6, 6.07) is 17.1. The zero-order chi connectivity index (χ0) is 25.3. The molecule has 3 aromatic carbocycles. The number of nitrogens with one attached hydrogen (secondary N) is 2. The first-order chi connectivity index (χ1) is 16.6. The van der Waals surface area contributed by atoms with E-state index in [1.807, 2.05) is 19.9 Å². The SMILES string of the molecule is Cc1ccc(N2C(=O)C(Cl)=C(Nc3ccc(CC(=O)Nc4cc(Cl)ccc4C)cc3)C2=O)cc1Cl. The van der Waals surface area contributed by atoms with Crippen LogP contribution in [0.2, 0.25) is 10.0 Å². The number of imide groups is 1. The number of benzene rings is 3. The zero-order valence-corrected chi connectivity index (χ0v) is 21.1. The number of hydrogen-bond acceptors (Lipinski definition) is 4. The van der Waals surface area contributed by atoms with E-state index in [0.29, 0.717) is 27.1 Å². The summed E-state index contributed by atoms with van der Waals surface area (Å²) in [5.74, 6) is -1.41. The van der Waals surface area contributed by atoms with Gasteiger partial charge in [0, 0.05) is 21.4 Å². The summed E-state index contributed by atoms with van der Waals surface area (Å²) in [6.45, 7) is 3.71. The van der Waals surface area contributed by atoms with Crippen molar-refractivity contribution in [3.63, 3.8) is 0 Å². The monoisotopic (exact) mass is 527 g/mol. The van der Waals surface area contributed by atoms with Crippen molar-refractivity contribution in [2.24, 2.45) is 0 Å². The minimum atomic E-state index is -0.635. The summed E-state index contributed by atoms with van der Waals surface area (Å²) in [4.78, 5) is 39.1. The fourth-order valence-corrected chi connectivity index (χ4v) is 4.09. The summed E-state index contributed by atoms with van der Waals surface area (Å²) in [5, 5.41) is 6.53. The van der Waals surface area contributed by atoms with Gasteiger partial charge < -0.3 is 10.6 Å². The van der Waals surface area contributed by atoms with Crippen molar-refractivity contribution in [3.05, 3.63) is 98.1 Å². The highest BCUT2D eigenvalue weighted by Crippen LogP contribution is 2.32. The van der Waals surface area contributed by atoms with E-state index >= 15 is 0 Å². The number of aryl methyl sites for hydroxylation is 2. The van der Waals surface area contributed by atoms with Gasteiger partial charge in [-0.15, -0.1) is 0 Å². The lowest BCUT2D eigenvalue weighted by atomic mass is 10.1. The van der Waals surface area contributed by atoms with Crippen molar-refractivity contribution in [1.29, 1.82) is 0 Å². The molecule has 1 aliphatic heterocycles. The fourth-order valence-electron chi connectivity index (χ4n) is 3.53. The van der Waals surface area contributed by atoms with E-state index < -0.39 is 11.8 Å². The van der Waals surface area contributed by atoms with Crippen LogP contribution >= 0.6 is 34.8 Å². The molecule has 178 valence electrons. The lowest BCUT2D eigenvalue weighted by Crippen LogP contribution is -2.32. The molecule has 3 aromatic rings. The van der Waals surface area contributed by atoms with E-state index in [9.17, 15) is 14.4 Å². The average molecular weight is 529 g/mol. The number of hydrogen-bond donors (Lipinski definition) is 2. The molecule has 0 aromatic heterocycles. The molecule has 0 aliphatic carbocycles. The van der Waals surface area contributed by atoms with Gasteiger partial charge in [-0.1, -0.05) is 59.1 Å². The van der Waals surface area contributed by atoms with Gasteiger partial charge in [0.25, 0.3) is 11.8 Å². The predicted octanol–water partition coefficient (Wildman–Crippen LogP) is 6.23. The molecule has 0 saturated heterocycles. The third kappa shape index (κ3) is 5.35. The van der Waals surface area contributed by atoms with Crippen LogP contribution in [-0.4, -0.2) is 17.7 Å². The van der Waals surface area contributed by atoms with E-state index in [-0.39, 0.29) is 23.1 Å². The first-order valence-corrected chi connectivity index (χ1v) is 11.7. The Morgan fingerprint density at radius 3 is 2.23 bits per heavy atom. The van der Waals surface area contributed by atoms with Gasteiger partial charge in [-0.3, -0.25) is 14.4 Å². The normalized spacial score (nSPS) is 13.5. The van der Waals surface area contributed by atoms with Gasteiger partial charge in [-0.2, -0.15) is 0 Å². The predicted molar refractivity (Wildman–Crippen MR) is 140 cm³/mol. The van der Waals surface area contributed by atoms with Crippen molar-refractivity contribution in [1.82, 2.24) is 0 Å². The maximum absolute atomic E-state index is 13.0. The van der Waals surface area contributed by atoms with E-state index in [4.69, 9.17) is 34.8 Å². The Morgan fingerprint density at radius 2 is 1.54 bits per heavy atom. The van der Waals surface area contributed by atoms with E-state index in [1.165, 1.54) is 0 Å². The topological polar surface area (TPSA) is 78.5 Å². The number of anilines is 3. The molecule has 35 heavy (non-hydrogen) atoms. The largest absolute Gasteiger partial charge is 0.350 e. The maximum Gasteiger partial charge on any atom is 0.283 e. The third-order valence-corrected chi connectivity index (χ3v) is 6.50. The Bertz CT molecular complexity index is 1380. The molecule has 0 unspecified atom stereocenters. The molecule has 0 saturated carbocycles. The summed E-state index contributed by atoms with van der Waals surface area (Å²) >= 11 is 18.4. The van der Waals surface area contributed by atoms with Crippen LogP contribution in [0.25, 0.3) is 0 Å². The van der Waals surface area contributed by atoms with Crippen molar-refractivity contribution in [3.8, 4) is 0 Å².